The van der Waals surface area contributed by atoms with Gasteiger partial charge in [0.25, 0.3) is 0 Å². The number of anilines is 1. The smallest absolute Gasteiger partial charge is 0.223 e. The number of para-hydroxylation sites is 2. The van der Waals surface area contributed by atoms with Gasteiger partial charge in [0, 0.05) is 13.1 Å². The van der Waals surface area contributed by atoms with Gasteiger partial charge in [-0.25, -0.2) is 13.1 Å². The van der Waals surface area contributed by atoms with Crippen molar-refractivity contribution < 1.29 is 17.9 Å². The monoisotopic (exact) mass is 301 g/mol. The number of carbonyl (C=O) groups is 1. The van der Waals surface area contributed by atoms with Crippen LogP contribution in [-0.2, 0) is 14.8 Å². The highest BCUT2D eigenvalue weighted by atomic mass is 32.2. The van der Waals surface area contributed by atoms with Crippen molar-refractivity contribution in [2.24, 2.45) is 0 Å². The maximum atomic E-state index is 11.4. The fourth-order valence-electron chi connectivity index (χ4n) is 1.39. The lowest BCUT2D eigenvalue weighted by molar-refractivity contribution is -0.121. The fraction of sp³-hybridized carbons (Fsp3) is 0.417. The van der Waals surface area contributed by atoms with Crippen LogP contribution in [0.2, 0.25) is 0 Å². The Labute approximate surface area is 118 Å². The van der Waals surface area contributed by atoms with E-state index in [4.69, 9.17) is 10.5 Å². The topological polar surface area (TPSA) is 111 Å². The molecule has 20 heavy (non-hydrogen) atoms. The maximum absolute atomic E-state index is 11.4. The van der Waals surface area contributed by atoms with Gasteiger partial charge in [0.15, 0.2) is 0 Å². The molecule has 0 unspecified atom stereocenters. The van der Waals surface area contributed by atoms with Gasteiger partial charge in [0.2, 0.25) is 15.9 Å². The van der Waals surface area contributed by atoms with E-state index in [-0.39, 0.29) is 32.0 Å². The molecule has 0 bridgehead atoms. The van der Waals surface area contributed by atoms with E-state index in [1.807, 2.05) is 0 Å². The van der Waals surface area contributed by atoms with Crippen LogP contribution in [0.4, 0.5) is 5.69 Å². The number of hydrogen-bond donors (Lipinski definition) is 3. The second-order valence-corrected chi connectivity index (χ2v) is 5.99. The molecule has 0 saturated heterocycles. The Morgan fingerprint density at radius 2 is 2.00 bits per heavy atom. The standard InChI is InChI=1S/C12H19N3O4S/c1-20(17,18)15-8-7-14-12(16)6-9-19-11-5-3-2-4-10(11)13/h2-5,15H,6-9,13H2,1H3,(H,14,16). The second-order valence-electron chi connectivity index (χ2n) is 4.15. The number of hydrogen-bond acceptors (Lipinski definition) is 5. The SMILES string of the molecule is CS(=O)(=O)NCCNC(=O)CCOc1ccccc1N. The third kappa shape index (κ3) is 6.95. The Bertz CT molecular complexity index is 545. The van der Waals surface area contributed by atoms with Gasteiger partial charge in [-0.05, 0) is 12.1 Å². The summed E-state index contributed by atoms with van der Waals surface area (Å²) >= 11 is 0. The fourth-order valence-corrected chi connectivity index (χ4v) is 1.87. The molecule has 8 heteroatoms. The van der Waals surface area contributed by atoms with E-state index in [0.717, 1.165) is 6.26 Å². The molecule has 0 fully saturated rings. The molecule has 0 aliphatic heterocycles. The number of carbonyl (C=O) groups excluding carboxylic acids is 1. The lowest BCUT2D eigenvalue weighted by atomic mass is 10.3. The largest absolute Gasteiger partial charge is 0.491 e. The first kappa shape index (κ1) is 16.3. The molecule has 0 saturated carbocycles. The molecular formula is C12H19N3O4S. The second kappa shape index (κ2) is 7.71. The lowest BCUT2D eigenvalue weighted by Gasteiger charge is -2.09. The van der Waals surface area contributed by atoms with Gasteiger partial charge in [-0.2, -0.15) is 0 Å². The minimum absolute atomic E-state index is 0.164. The Hall–Kier alpha value is -1.80. The summed E-state index contributed by atoms with van der Waals surface area (Å²) in [6.45, 7) is 0.607. The number of amides is 1. The molecule has 0 heterocycles. The average molecular weight is 301 g/mol. The van der Waals surface area contributed by atoms with E-state index in [0.29, 0.717) is 11.4 Å². The Balaban J connectivity index is 2.16. The van der Waals surface area contributed by atoms with Gasteiger partial charge in [-0.1, -0.05) is 12.1 Å². The van der Waals surface area contributed by atoms with E-state index in [2.05, 4.69) is 10.0 Å². The zero-order chi connectivity index (χ0) is 15.0. The molecule has 1 amide bonds. The van der Waals surface area contributed by atoms with Crippen LogP contribution in [0.3, 0.4) is 0 Å². The van der Waals surface area contributed by atoms with Crippen molar-refractivity contribution in [3.05, 3.63) is 24.3 Å². The van der Waals surface area contributed by atoms with Crippen molar-refractivity contribution in [2.75, 3.05) is 31.7 Å². The summed E-state index contributed by atoms with van der Waals surface area (Å²) in [6.07, 6.45) is 1.24. The first-order valence-corrected chi connectivity index (χ1v) is 7.96. The van der Waals surface area contributed by atoms with Crippen molar-refractivity contribution in [3.8, 4) is 5.75 Å². The highest BCUT2D eigenvalue weighted by Gasteiger charge is 2.04. The number of nitrogen functional groups attached to an aromatic ring is 1. The summed E-state index contributed by atoms with van der Waals surface area (Å²) in [4.78, 5) is 11.4. The van der Waals surface area contributed by atoms with Crippen LogP contribution in [0.5, 0.6) is 5.75 Å². The predicted molar refractivity (Wildman–Crippen MR) is 76.8 cm³/mol. The molecule has 0 atom stereocenters. The lowest BCUT2D eigenvalue weighted by Crippen LogP contribution is -2.34. The van der Waals surface area contributed by atoms with E-state index in [1.54, 1.807) is 24.3 Å². The van der Waals surface area contributed by atoms with Crippen molar-refractivity contribution in [3.63, 3.8) is 0 Å². The van der Waals surface area contributed by atoms with Crippen LogP contribution in [0.25, 0.3) is 0 Å². The number of benzene rings is 1. The highest BCUT2D eigenvalue weighted by molar-refractivity contribution is 7.88. The quantitative estimate of drug-likeness (QED) is 0.451. The molecular weight excluding hydrogens is 282 g/mol. The van der Waals surface area contributed by atoms with Gasteiger partial charge >= 0.3 is 0 Å². The van der Waals surface area contributed by atoms with Gasteiger partial charge in [-0.15, -0.1) is 0 Å². The van der Waals surface area contributed by atoms with Crippen molar-refractivity contribution in [1.29, 1.82) is 0 Å². The van der Waals surface area contributed by atoms with Crippen LogP contribution in [0.1, 0.15) is 6.42 Å². The van der Waals surface area contributed by atoms with E-state index < -0.39 is 10.0 Å². The van der Waals surface area contributed by atoms with Crippen molar-refractivity contribution in [1.82, 2.24) is 10.0 Å². The highest BCUT2D eigenvalue weighted by Crippen LogP contribution is 2.19. The Morgan fingerprint density at radius 3 is 2.65 bits per heavy atom. The minimum Gasteiger partial charge on any atom is -0.491 e. The number of nitrogens with one attached hydrogen (secondary N) is 2. The van der Waals surface area contributed by atoms with Crippen LogP contribution in [0, 0.1) is 0 Å². The first-order valence-electron chi connectivity index (χ1n) is 6.07. The van der Waals surface area contributed by atoms with Crippen LogP contribution >= 0.6 is 0 Å². The van der Waals surface area contributed by atoms with E-state index in [1.165, 1.54) is 0 Å². The van der Waals surface area contributed by atoms with Crippen LogP contribution in [0.15, 0.2) is 24.3 Å². The summed E-state index contributed by atoms with van der Waals surface area (Å²) in [6, 6.07) is 7.03. The molecule has 1 aromatic rings. The van der Waals surface area contributed by atoms with Crippen molar-refractivity contribution >= 4 is 21.6 Å². The number of sulfonamides is 1. The molecule has 0 radical (unpaired) electrons. The zero-order valence-electron chi connectivity index (χ0n) is 11.3. The average Bonchev–Trinajstić information content (AvgIpc) is 2.36. The molecule has 4 N–H and O–H groups in total. The van der Waals surface area contributed by atoms with Crippen molar-refractivity contribution in [2.45, 2.75) is 6.42 Å². The minimum atomic E-state index is -3.22. The molecule has 0 aliphatic rings. The molecule has 1 aromatic carbocycles. The van der Waals surface area contributed by atoms with Crippen LogP contribution in [-0.4, -0.2) is 40.3 Å². The summed E-state index contributed by atoms with van der Waals surface area (Å²) < 4.78 is 29.2. The third-order valence-electron chi connectivity index (χ3n) is 2.32. The summed E-state index contributed by atoms with van der Waals surface area (Å²) in [5, 5.41) is 2.58. The molecule has 7 nitrogen and oxygen atoms in total. The Morgan fingerprint density at radius 1 is 1.30 bits per heavy atom. The summed E-state index contributed by atoms with van der Waals surface area (Å²) in [7, 11) is -3.22. The van der Waals surface area contributed by atoms with Gasteiger partial charge < -0.3 is 15.8 Å². The van der Waals surface area contributed by atoms with Gasteiger partial charge in [0.05, 0.1) is 25.0 Å². The maximum Gasteiger partial charge on any atom is 0.223 e. The normalized spacial score (nSPS) is 11.1. The summed E-state index contributed by atoms with van der Waals surface area (Å²) in [5.41, 5.74) is 6.20. The van der Waals surface area contributed by atoms with Gasteiger partial charge in [-0.3, -0.25) is 4.79 Å². The zero-order valence-corrected chi connectivity index (χ0v) is 12.1. The molecule has 1 rings (SSSR count). The molecule has 112 valence electrons. The summed E-state index contributed by atoms with van der Waals surface area (Å²) in [5.74, 6) is 0.328. The molecule has 0 spiro atoms. The third-order valence-corrected chi connectivity index (χ3v) is 3.05. The van der Waals surface area contributed by atoms with E-state index >= 15 is 0 Å². The number of nitrogens with two attached hydrogens (primary N) is 1. The molecule has 0 aliphatic carbocycles. The molecule has 0 aromatic heterocycles. The van der Waals surface area contributed by atoms with Gasteiger partial charge in [0.1, 0.15) is 5.75 Å². The predicted octanol–water partition coefficient (Wildman–Crippen LogP) is -0.297. The number of rotatable bonds is 8. The Kier molecular flexibility index (Phi) is 6.26. The van der Waals surface area contributed by atoms with Crippen LogP contribution < -0.4 is 20.5 Å². The number of ether oxygens (including phenoxy) is 1. The van der Waals surface area contributed by atoms with E-state index in [9.17, 15) is 13.2 Å². The first-order chi connectivity index (χ1) is 9.38.